The smallest absolute Gasteiger partial charge is 0.270 e. The van der Waals surface area contributed by atoms with Crippen molar-refractivity contribution in [3.05, 3.63) is 59.2 Å². The lowest BCUT2D eigenvalue weighted by Gasteiger charge is -2.22. The molecule has 2 amide bonds. The Hall–Kier alpha value is -2.90. The second kappa shape index (κ2) is 8.20. The highest BCUT2D eigenvalue weighted by Gasteiger charge is 2.19. The number of nitrogens with zero attached hydrogens (tertiary/aromatic N) is 1. The van der Waals surface area contributed by atoms with Crippen molar-refractivity contribution in [3.8, 4) is 0 Å². The maximum atomic E-state index is 13.7. The van der Waals surface area contributed by atoms with Crippen LogP contribution < -0.4 is 10.6 Å². The molecule has 0 spiro atoms. The molecule has 1 aliphatic rings. The van der Waals surface area contributed by atoms with E-state index < -0.39 is 35.0 Å². The summed E-state index contributed by atoms with van der Waals surface area (Å²) in [5.74, 6) is -5.68. The number of hydrogen-bond donors (Lipinski definition) is 2. The van der Waals surface area contributed by atoms with Gasteiger partial charge in [-0.1, -0.05) is 19.3 Å². The molecule has 1 aromatic heterocycles. The number of rotatable bonds is 4. The van der Waals surface area contributed by atoms with Crippen molar-refractivity contribution >= 4 is 17.5 Å². The van der Waals surface area contributed by atoms with E-state index in [-0.39, 0.29) is 17.3 Å². The average Bonchev–Trinajstić information content (AvgIpc) is 2.69. The summed E-state index contributed by atoms with van der Waals surface area (Å²) in [5.41, 5.74) is -0.397. The molecule has 0 radical (unpaired) electrons. The second-order valence-corrected chi connectivity index (χ2v) is 6.42. The summed E-state index contributed by atoms with van der Waals surface area (Å²) in [4.78, 5) is 28.6. The van der Waals surface area contributed by atoms with Crippen LogP contribution in [-0.2, 0) is 0 Å². The molecule has 0 atom stereocenters. The molecule has 3 rings (SSSR count). The lowest BCUT2D eigenvalue weighted by Crippen LogP contribution is -2.36. The molecule has 0 unspecified atom stereocenters. The molecule has 1 heterocycles. The minimum atomic E-state index is -1.67. The van der Waals surface area contributed by atoms with Gasteiger partial charge in [0.25, 0.3) is 11.8 Å². The standard InChI is InChI=1S/C19H18F3N3O2/c20-13-6-7-14(17(22)16(13)21)25-18(26)11-8-9-23-15(10-11)19(27)24-12-4-2-1-3-5-12/h6-10,12H,1-5H2,(H,24,27)(H,25,26). The number of aromatic nitrogens is 1. The van der Waals surface area contributed by atoms with Crippen LogP contribution in [-0.4, -0.2) is 22.8 Å². The van der Waals surface area contributed by atoms with Gasteiger partial charge in [0.2, 0.25) is 0 Å². The largest absolute Gasteiger partial charge is 0.348 e. The van der Waals surface area contributed by atoms with Crippen molar-refractivity contribution in [2.45, 2.75) is 38.1 Å². The highest BCUT2D eigenvalue weighted by Crippen LogP contribution is 2.21. The molecule has 5 nitrogen and oxygen atoms in total. The van der Waals surface area contributed by atoms with Crippen molar-refractivity contribution in [1.82, 2.24) is 10.3 Å². The summed E-state index contributed by atoms with van der Waals surface area (Å²) < 4.78 is 39.9. The number of pyridine rings is 1. The van der Waals surface area contributed by atoms with E-state index in [1.807, 2.05) is 0 Å². The van der Waals surface area contributed by atoms with Crippen LogP contribution in [0.2, 0.25) is 0 Å². The summed E-state index contributed by atoms with van der Waals surface area (Å²) in [6.45, 7) is 0. The predicted molar refractivity (Wildman–Crippen MR) is 92.8 cm³/mol. The number of carbonyl (C=O) groups excluding carboxylic acids is 2. The first-order chi connectivity index (χ1) is 13.0. The maximum absolute atomic E-state index is 13.7. The molecule has 0 saturated heterocycles. The Morgan fingerprint density at radius 2 is 1.70 bits per heavy atom. The number of anilines is 1. The van der Waals surface area contributed by atoms with Crippen LogP contribution in [0.5, 0.6) is 0 Å². The highest BCUT2D eigenvalue weighted by atomic mass is 19.2. The third kappa shape index (κ3) is 4.45. The molecule has 1 aliphatic carbocycles. The first-order valence-electron chi connectivity index (χ1n) is 8.67. The van der Waals surface area contributed by atoms with Gasteiger partial charge < -0.3 is 10.6 Å². The molecule has 2 aromatic rings. The van der Waals surface area contributed by atoms with Gasteiger partial charge in [-0.2, -0.15) is 0 Å². The summed E-state index contributed by atoms with van der Waals surface area (Å²) >= 11 is 0. The van der Waals surface area contributed by atoms with Gasteiger partial charge in [0.1, 0.15) is 5.69 Å². The lowest BCUT2D eigenvalue weighted by atomic mass is 9.95. The molecule has 1 aromatic carbocycles. The molecule has 0 aliphatic heterocycles. The van der Waals surface area contributed by atoms with E-state index in [0.717, 1.165) is 38.2 Å². The van der Waals surface area contributed by atoms with E-state index >= 15 is 0 Å². The Bertz CT molecular complexity index is 867. The quantitative estimate of drug-likeness (QED) is 0.796. The number of benzene rings is 1. The van der Waals surface area contributed by atoms with Gasteiger partial charge in [-0.15, -0.1) is 0 Å². The summed E-state index contributed by atoms with van der Waals surface area (Å²) in [6, 6.07) is 4.32. The van der Waals surface area contributed by atoms with Gasteiger partial charge in [-0.05, 0) is 37.1 Å². The van der Waals surface area contributed by atoms with E-state index in [1.165, 1.54) is 18.3 Å². The molecule has 1 saturated carbocycles. The van der Waals surface area contributed by atoms with Gasteiger partial charge >= 0.3 is 0 Å². The lowest BCUT2D eigenvalue weighted by molar-refractivity contribution is 0.0922. The van der Waals surface area contributed by atoms with E-state index in [2.05, 4.69) is 15.6 Å². The number of carbonyl (C=O) groups is 2. The zero-order valence-electron chi connectivity index (χ0n) is 14.4. The Labute approximate surface area is 154 Å². The van der Waals surface area contributed by atoms with E-state index in [1.54, 1.807) is 0 Å². The predicted octanol–water partition coefficient (Wildman–Crippen LogP) is 3.81. The van der Waals surface area contributed by atoms with Crippen LogP contribution in [0, 0.1) is 17.5 Å². The fraction of sp³-hybridized carbons (Fsp3) is 0.316. The normalized spacial score (nSPS) is 14.6. The number of halogens is 3. The SMILES string of the molecule is O=C(Nc1ccc(F)c(F)c1F)c1ccnc(C(=O)NC2CCCCC2)c1. The Morgan fingerprint density at radius 1 is 0.963 bits per heavy atom. The van der Waals surface area contributed by atoms with Gasteiger partial charge in [0, 0.05) is 17.8 Å². The van der Waals surface area contributed by atoms with Crippen LogP contribution in [0.1, 0.15) is 53.0 Å². The first kappa shape index (κ1) is 18.9. The monoisotopic (exact) mass is 377 g/mol. The van der Waals surface area contributed by atoms with E-state index in [4.69, 9.17) is 0 Å². The Balaban J connectivity index is 1.72. The number of amides is 2. The highest BCUT2D eigenvalue weighted by molar-refractivity contribution is 6.05. The summed E-state index contributed by atoms with van der Waals surface area (Å²) in [7, 11) is 0. The molecule has 142 valence electrons. The third-order valence-corrected chi connectivity index (χ3v) is 4.48. The fourth-order valence-electron chi connectivity index (χ4n) is 3.02. The molecular formula is C19H18F3N3O2. The van der Waals surface area contributed by atoms with Gasteiger partial charge in [0.05, 0.1) is 5.69 Å². The van der Waals surface area contributed by atoms with Crippen molar-refractivity contribution < 1.29 is 22.8 Å². The number of hydrogen-bond acceptors (Lipinski definition) is 3. The molecular weight excluding hydrogens is 359 g/mol. The molecule has 2 N–H and O–H groups in total. The van der Waals surface area contributed by atoms with Crippen LogP contribution in [0.4, 0.5) is 18.9 Å². The van der Waals surface area contributed by atoms with Crippen molar-refractivity contribution in [3.63, 3.8) is 0 Å². The zero-order chi connectivity index (χ0) is 19.4. The van der Waals surface area contributed by atoms with Crippen LogP contribution in [0.3, 0.4) is 0 Å². The summed E-state index contributed by atoms with van der Waals surface area (Å²) in [6.07, 6.45) is 6.36. The van der Waals surface area contributed by atoms with Crippen LogP contribution in [0.15, 0.2) is 30.5 Å². The molecule has 1 fully saturated rings. The van der Waals surface area contributed by atoms with E-state index in [9.17, 15) is 22.8 Å². The number of nitrogens with one attached hydrogen (secondary N) is 2. The fourth-order valence-corrected chi connectivity index (χ4v) is 3.02. The molecule has 27 heavy (non-hydrogen) atoms. The van der Waals surface area contributed by atoms with Crippen molar-refractivity contribution in [2.24, 2.45) is 0 Å². The molecule has 0 bridgehead atoms. The average molecular weight is 377 g/mol. The van der Waals surface area contributed by atoms with Crippen molar-refractivity contribution in [1.29, 1.82) is 0 Å². The Morgan fingerprint density at radius 3 is 2.44 bits per heavy atom. The van der Waals surface area contributed by atoms with Crippen molar-refractivity contribution in [2.75, 3.05) is 5.32 Å². The van der Waals surface area contributed by atoms with Gasteiger partial charge in [-0.3, -0.25) is 14.6 Å². The zero-order valence-corrected chi connectivity index (χ0v) is 14.4. The van der Waals surface area contributed by atoms with Crippen LogP contribution >= 0.6 is 0 Å². The van der Waals surface area contributed by atoms with E-state index in [0.29, 0.717) is 6.07 Å². The summed E-state index contributed by atoms with van der Waals surface area (Å²) in [5, 5.41) is 5.05. The second-order valence-electron chi connectivity index (χ2n) is 6.42. The Kier molecular flexibility index (Phi) is 5.73. The molecule has 8 heteroatoms. The minimum absolute atomic E-state index is 0.0444. The van der Waals surface area contributed by atoms with Gasteiger partial charge in [-0.25, -0.2) is 13.2 Å². The van der Waals surface area contributed by atoms with Crippen LogP contribution in [0.25, 0.3) is 0 Å². The topological polar surface area (TPSA) is 71.1 Å². The third-order valence-electron chi connectivity index (χ3n) is 4.48. The first-order valence-corrected chi connectivity index (χ1v) is 8.67. The van der Waals surface area contributed by atoms with Gasteiger partial charge in [0.15, 0.2) is 17.5 Å². The maximum Gasteiger partial charge on any atom is 0.270 e. The minimum Gasteiger partial charge on any atom is -0.348 e.